The summed E-state index contributed by atoms with van der Waals surface area (Å²) < 4.78 is 5.14. The van der Waals surface area contributed by atoms with Gasteiger partial charge in [-0.3, -0.25) is 0 Å². The largest absolute Gasteiger partial charge is 0.497 e. The van der Waals surface area contributed by atoms with Crippen LogP contribution in [0.5, 0.6) is 5.75 Å². The Kier molecular flexibility index (Phi) is 2.36. The van der Waals surface area contributed by atoms with Gasteiger partial charge >= 0.3 is 0 Å². The van der Waals surface area contributed by atoms with E-state index in [9.17, 15) is 0 Å². The average Bonchev–Trinajstić information content (AvgIpc) is 2.93. The second-order valence-electron chi connectivity index (χ2n) is 3.22. The number of rotatable bonds is 3. The SMILES string of the molecule is COc1ccc(N)c(SC2CC2)c1. The molecular formula is C10H13NOS. The van der Waals surface area contributed by atoms with E-state index in [1.54, 1.807) is 7.11 Å². The summed E-state index contributed by atoms with van der Waals surface area (Å²) in [6, 6.07) is 5.81. The van der Waals surface area contributed by atoms with E-state index in [1.807, 2.05) is 30.0 Å². The Morgan fingerprint density at radius 3 is 2.85 bits per heavy atom. The standard InChI is InChI=1S/C10H13NOS/c1-12-7-2-5-9(11)10(6-7)13-8-3-4-8/h2,5-6,8H,3-4,11H2,1H3. The number of nitrogens with two attached hydrogens (primary N) is 1. The van der Waals surface area contributed by atoms with E-state index in [0.717, 1.165) is 21.6 Å². The lowest BCUT2D eigenvalue weighted by Crippen LogP contribution is -1.91. The van der Waals surface area contributed by atoms with Crippen LogP contribution in [0.3, 0.4) is 0 Å². The topological polar surface area (TPSA) is 35.2 Å². The summed E-state index contributed by atoms with van der Waals surface area (Å²) in [5, 5.41) is 0.786. The molecule has 0 radical (unpaired) electrons. The van der Waals surface area contributed by atoms with Crippen LogP contribution < -0.4 is 10.5 Å². The van der Waals surface area contributed by atoms with Crippen molar-refractivity contribution in [1.82, 2.24) is 0 Å². The molecule has 0 bridgehead atoms. The van der Waals surface area contributed by atoms with Gasteiger partial charge in [0.2, 0.25) is 0 Å². The van der Waals surface area contributed by atoms with Gasteiger partial charge in [0.1, 0.15) is 5.75 Å². The van der Waals surface area contributed by atoms with Gasteiger partial charge in [-0.2, -0.15) is 0 Å². The van der Waals surface area contributed by atoms with Crippen LogP contribution in [0.4, 0.5) is 5.69 Å². The molecule has 1 aromatic carbocycles. The maximum absolute atomic E-state index is 5.84. The number of anilines is 1. The zero-order valence-corrected chi connectivity index (χ0v) is 8.43. The zero-order chi connectivity index (χ0) is 9.26. The fourth-order valence-corrected chi connectivity index (χ4v) is 2.23. The van der Waals surface area contributed by atoms with Crippen LogP contribution in [0, 0.1) is 0 Å². The summed E-state index contributed by atoms with van der Waals surface area (Å²) in [6.07, 6.45) is 2.64. The first-order valence-electron chi connectivity index (χ1n) is 4.40. The molecule has 0 amide bonds. The summed E-state index contributed by atoms with van der Waals surface area (Å²) in [5.41, 5.74) is 6.70. The van der Waals surface area contributed by atoms with Crippen molar-refractivity contribution in [3.05, 3.63) is 18.2 Å². The molecule has 13 heavy (non-hydrogen) atoms. The van der Waals surface area contributed by atoms with Crippen LogP contribution in [-0.2, 0) is 0 Å². The van der Waals surface area contributed by atoms with Crippen molar-refractivity contribution in [1.29, 1.82) is 0 Å². The fraction of sp³-hybridized carbons (Fsp3) is 0.400. The van der Waals surface area contributed by atoms with Crippen molar-refractivity contribution < 1.29 is 4.74 Å². The summed E-state index contributed by atoms with van der Waals surface area (Å²) in [4.78, 5) is 1.15. The first-order valence-corrected chi connectivity index (χ1v) is 5.28. The maximum atomic E-state index is 5.84. The molecule has 1 aromatic rings. The van der Waals surface area contributed by atoms with E-state index in [1.165, 1.54) is 12.8 Å². The molecule has 2 rings (SSSR count). The third kappa shape index (κ3) is 2.10. The van der Waals surface area contributed by atoms with E-state index in [4.69, 9.17) is 10.5 Å². The number of benzene rings is 1. The van der Waals surface area contributed by atoms with Crippen LogP contribution in [-0.4, -0.2) is 12.4 Å². The summed E-state index contributed by atoms with van der Waals surface area (Å²) >= 11 is 1.86. The smallest absolute Gasteiger partial charge is 0.120 e. The maximum Gasteiger partial charge on any atom is 0.120 e. The molecule has 1 aliphatic rings. The third-order valence-corrected chi connectivity index (χ3v) is 3.45. The van der Waals surface area contributed by atoms with Gasteiger partial charge in [-0.25, -0.2) is 0 Å². The molecule has 0 unspecified atom stereocenters. The van der Waals surface area contributed by atoms with Crippen LogP contribution in [0.1, 0.15) is 12.8 Å². The predicted molar refractivity (Wildman–Crippen MR) is 56.3 cm³/mol. The number of thioether (sulfide) groups is 1. The first kappa shape index (κ1) is 8.75. The second kappa shape index (κ2) is 3.50. The van der Waals surface area contributed by atoms with Gasteiger partial charge in [0.15, 0.2) is 0 Å². The van der Waals surface area contributed by atoms with E-state index < -0.39 is 0 Å². The summed E-state index contributed by atoms with van der Waals surface area (Å²) in [5.74, 6) is 0.886. The predicted octanol–water partition coefficient (Wildman–Crippen LogP) is 2.53. The Hall–Kier alpha value is -0.830. The number of ether oxygens (including phenoxy) is 1. The molecule has 0 spiro atoms. The Labute approximate surface area is 82.5 Å². The Bertz CT molecular complexity index is 310. The molecule has 0 atom stereocenters. The summed E-state index contributed by atoms with van der Waals surface area (Å²) in [6.45, 7) is 0. The molecule has 1 saturated carbocycles. The highest BCUT2D eigenvalue weighted by Crippen LogP contribution is 2.42. The van der Waals surface area contributed by atoms with Crippen molar-refractivity contribution in [3.63, 3.8) is 0 Å². The van der Waals surface area contributed by atoms with Gasteiger partial charge in [0.05, 0.1) is 7.11 Å². The van der Waals surface area contributed by atoms with Gasteiger partial charge in [-0.1, -0.05) is 0 Å². The monoisotopic (exact) mass is 195 g/mol. The third-order valence-electron chi connectivity index (χ3n) is 2.04. The quantitative estimate of drug-likeness (QED) is 0.753. The van der Waals surface area contributed by atoms with E-state index in [0.29, 0.717) is 0 Å². The van der Waals surface area contributed by atoms with Crippen molar-refractivity contribution >= 4 is 17.4 Å². The lowest BCUT2D eigenvalue weighted by molar-refractivity contribution is 0.414. The fourth-order valence-electron chi connectivity index (χ4n) is 1.11. The van der Waals surface area contributed by atoms with E-state index >= 15 is 0 Å². The minimum absolute atomic E-state index is 0.786. The molecule has 1 aliphatic carbocycles. The van der Waals surface area contributed by atoms with Crippen LogP contribution in [0.2, 0.25) is 0 Å². The first-order chi connectivity index (χ1) is 6.29. The van der Waals surface area contributed by atoms with Crippen LogP contribution >= 0.6 is 11.8 Å². The number of methoxy groups -OCH3 is 1. The van der Waals surface area contributed by atoms with Crippen LogP contribution in [0.15, 0.2) is 23.1 Å². The van der Waals surface area contributed by atoms with Gasteiger partial charge in [-0.05, 0) is 31.0 Å². The van der Waals surface area contributed by atoms with Gasteiger partial charge in [-0.15, -0.1) is 11.8 Å². The highest BCUT2D eigenvalue weighted by atomic mass is 32.2. The molecule has 2 nitrogen and oxygen atoms in total. The van der Waals surface area contributed by atoms with Crippen molar-refractivity contribution in [3.8, 4) is 5.75 Å². The van der Waals surface area contributed by atoms with Crippen molar-refractivity contribution in [2.75, 3.05) is 12.8 Å². The zero-order valence-electron chi connectivity index (χ0n) is 7.62. The lowest BCUT2D eigenvalue weighted by Gasteiger charge is -2.06. The molecule has 0 saturated heterocycles. The number of nitrogen functional groups attached to an aromatic ring is 1. The summed E-state index contributed by atoms with van der Waals surface area (Å²) in [7, 11) is 1.68. The molecule has 70 valence electrons. The normalized spacial score (nSPS) is 15.8. The molecular weight excluding hydrogens is 182 g/mol. The van der Waals surface area contributed by atoms with Gasteiger partial charge in [0, 0.05) is 15.8 Å². The van der Waals surface area contributed by atoms with E-state index in [-0.39, 0.29) is 0 Å². The Balaban J connectivity index is 2.19. The highest BCUT2D eigenvalue weighted by Gasteiger charge is 2.23. The van der Waals surface area contributed by atoms with Crippen molar-refractivity contribution in [2.45, 2.75) is 23.0 Å². The van der Waals surface area contributed by atoms with E-state index in [2.05, 4.69) is 0 Å². The van der Waals surface area contributed by atoms with Gasteiger partial charge in [0.25, 0.3) is 0 Å². The minimum atomic E-state index is 0.786. The highest BCUT2D eigenvalue weighted by molar-refractivity contribution is 8.00. The molecule has 3 heteroatoms. The Morgan fingerprint density at radius 1 is 1.46 bits per heavy atom. The molecule has 0 aromatic heterocycles. The lowest BCUT2D eigenvalue weighted by atomic mass is 10.3. The average molecular weight is 195 g/mol. The number of hydrogen-bond acceptors (Lipinski definition) is 3. The Morgan fingerprint density at radius 2 is 2.23 bits per heavy atom. The molecule has 1 fully saturated rings. The second-order valence-corrected chi connectivity index (χ2v) is 4.56. The van der Waals surface area contributed by atoms with Crippen molar-refractivity contribution in [2.24, 2.45) is 0 Å². The molecule has 0 aliphatic heterocycles. The molecule has 2 N–H and O–H groups in total. The molecule has 0 heterocycles. The van der Waals surface area contributed by atoms with Crippen LogP contribution in [0.25, 0.3) is 0 Å². The number of hydrogen-bond donors (Lipinski definition) is 1. The van der Waals surface area contributed by atoms with Gasteiger partial charge < -0.3 is 10.5 Å². The minimum Gasteiger partial charge on any atom is -0.497 e.